The van der Waals surface area contributed by atoms with Gasteiger partial charge in [0.1, 0.15) is 0 Å². The molecule has 2 heterocycles. The molecule has 3 rings (SSSR count). The fourth-order valence-electron chi connectivity index (χ4n) is 2.70. The Morgan fingerprint density at radius 2 is 1.83 bits per heavy atom. The van der Waals surface area contributed by atoms with E-state index in [4.69, 9.17) is 0 Å². The lowest BCUT2D eigenvalue weighted by atomic mass is 9.97. The van der Waals surface area contributed by atoms with Crippen LogP contribution in [0.3, 0.4) is 0 Å². The molecule has 0 saturated heterocycles. The lowest BCUT2D eigenvalue weighted by molar-refractivity contribution is -0.292. The lowest BCUT2D eigenvalue weighted by Gasteiger charge is -2.40. The summed E-state index contributed by atoms with van der Waals surface area (Å²) in [6.07, 6.45) is 1.04. The van der Waals surface area contributed by atoms with E-state index >= 15 is 0 Å². The standard InChI is InChI=1S/C14H17N3O6S/c1-7(2)14(20)13-15-9-5-4-8(24(3,22)23)6-10(9)16(13)11(18)12(19)17(14)21/h4-7,18-21H,1-3H3/t14-/m1/s1. The first-order valence-corrected chi connectivity index (χ1v) is 8.95. The average molecular weight is 355 g/mol. The molecule has 0 amide bonds. The van der Waals surface area contributed by atoms with Gasteiger partial charge in [-0.1, -0.05) is 13.8 Å². The summed E-state index contributed by atoms with van der Waals surface area (Å²) in [5.74, 6) is -2.51. The van der Waals surface area contributed by atoms with Crippen LogP contribution in [-0.2, 0) is 15.6 Å². The van der Waals surface area contributed by atoms with Gasteiger partial charge in [0.25, 0.3) is 11.8 Å². The van der Waals surface area contributed by atoms with Crippen molar-refractivity contribution in [1.29, 1.82) is 0 Å². The molecule has 0 fully saturated rings. The van der Waals surface area contributed by atoms with Crippen molar-refractivity contribution in [2.24, 2.45) is 5.92 Å². The van der Waals surface area contributed by atoms with Gasteiger partial charge in [0.2, 0.25) is 5.72 Å². The summed E-state index contributed by atoms with van der Waals surface area (Å²) in [6, 6.07) is 4.05. The lowest BCUT2D eigenvalue weighted by Crippen LogP contribution is -2.52. The van der Waals surface area contributed by atoms with Gasteiger partial charge in [0.05, 0.1) is 15.9 Å². The van der Waals surface area contributed by atoms with Crippen molar-refractivity contribution >= 4 is 26.8 Å². The third-order valence-corrected chi connectivity index (χ3v) is 5.23. The van der Waals surface area contributed by atoms with E-state index in [9.17, 15) is 28.9 Å². The SMILES string of the molecule is CC(C)[C@@]1(O)c2nc3ccc(S(C)(=O)=O)cc3n2C(O)=C(O)N1O. The molecule has 1 aromatic heterocycles. The van der Waals surface area contributed by atoms with Crippen molar-refractivity contribution < 1.29 is 28.9 Å². The van der Waals surface area contributed by atoms with E-state index in [0.29, 0.717) is 0 Å². The van der Waals surface area contributed by atoms with Crippen LogP contribution in [0.15, 0.2) is 29.0 Å². The predicted octanol–water partition coefficient (Wildman–Crippen LogP) is 1.15. The van der Waals surface area contributed by atoms with Gasteiger partial charge in [-0.05, 0) is 18.2 Å². The zero-order valence-electron chi connectivity index (χ0n) is 13.2. The highest BCUT2D eigenvalue weighted by Crippen LogP contribution is 2.41. The summed E-state index contributed by atoms with van der Waals surface area (Å²) in [4.78, 5) is 4.19. The van der Waals surface area contributed by atoms with Crippen molar-refractivity contribution in [3.05, 3.63) is 29.9 Å². The molecule has 24 heavy (non-hydrogen) atoms. The van der Waals surface area contributed by atoms with Gasteiger partial charge in [-0.25, -0.2) is 13.4 Å². The Morgan fingerprint density at radius 1 is 1.21 bits per heavy atom. The molecule has 9 nitrogen and oxygen atoms in total. The Kier molecular flexibility index (Phi) is 3.35. The first kappa shape index (κ1) is 16.6. The molecule has 1 aliphatic rings. The Labute approximate surface area is 137 Å². The van der Waals surface area contributed by atoms with Crippen molar-refractivity contribution in [2.75, 3.05) is 6.26 Å². The minimum absolute atomic E-state index is 0.00972. The van der Waals surface area contributed by atoms with Crippen LogP contribution in [-0.4, -0.2) is 49.8 Å². The number of sulfone groups is 1. The summed E-state index contributed by atoms with van der Waals surface area (Å²) in [7, 11) is -3.51. The highest BCUT2D eigenvalue weighted by Gasteiger charge is 2.50. The molecule has 130 valence electrons. The number of hydrogen-bond donors (Lipinski definition) is 4. The van der Waals surface area contributed by atoms with Crippen LogP contribution in [0.25, 0.3) is 16.9 Å². The number of hydroxylamine groups is 2. The molecule has 1 aromatic carbocycles. The number of imidazole rings is 1. The quantitative estimate of drug-likeness (QED) is 0.630. The van der Waals surface area contributed by atoms with Crippen LogP contribution in [0, 0.1) is 5.92 Å². The molecule has 10 heteroatoms. The van der Waals surface area contributed by atoms with E-state index in [1.807, 2.05) is 0 Å². The third kappa shape index (κ3) is 2.00. The average Bonchev–Trinajstić information content (AvgIpc) is 2.88. The Bertz CT molecular complexity index is 978. The minimum atomic E-state index is -3.51. The van der Waals surface area contributed by atoms with Gasteiger partial charge in [-0.15, -0.1) is 0 Å². The molecule has 0 saturated carbocycles. The zero-order chi connectivity index (χ0) is 18.0. The van der Waals surface area contributed by atoms with Gasteiger partial charge in [-0.3, -0.25) is 9.77 Å². The Balaban J connectivity index is 2.44. The van der Waals surface area contributed by atoms with Crippen LogP contribution >= 0.6 is 0 Å². The maximum atomic E-state index is 11.7. The van der Waals surface area contributed by atoms with Gasteiger partial charge in [0.15, 0.2) is 15.7 Å². The maximum Gasteiger partial charge on any atom is 0.277 e. The van der Waals surface area contributed by atoms with Gasteiger partial charge in [-0.2, -0.15) is 5.06 Å². The van der Waals surface area contributed by atoms with Crippen molar-refractivity contribution in [3.63, 3.8) is 0 Å². The number of fused-ring (bicyclic) bond motifs is 3. The third-order valence-electron chi connectivity index (χ3n) is 4.12. The number of rotatable bonds is 2. The number of nitrogens with zero attached hydrogens (tertiary/aromatic N) is 3. The number of aliphatic hydroxyl groups excluding tert-OH is 2. The molecule has 0 spiro atoms. The number of aromatic nitrogens is 2. The van der Waals surface area contributed by atoms with E-state index in [1.54, 1.807) is 13.8 Å². The second-order valence-corrected chi connectivity index (χ2v) is 8.05. The van der Waals surface area contributed by atoms with E-state index < -0.39 is 33.2 Å². The van der Waals surface area contributed by atoms with Crippen LogP contribution < -0.4 is 0 Å². The minimum Gasteiger partial charge on any atom is -0.490 e. The zero-order valence-corrected chi connectivity index (χ0v) is 14.0. The summed E-state index contributed by atoms with van der Waals surface area (Å²) < 4.78 is 24.5. The van der Waals surface area contributed by atoms with Gasteiger partial charge in [0, 0.05) is 12.2 Å². The maximum absolute atomic E-state index is 11.7. The van der Waals surface area contributed by atoms with Crippen molar-refractivity contribution in [2.45, 2.75) is 24.5 Å². The van der Waals surface area contributed by atoms with Gasteiger partial charge < -0.3 is 15.3 Å². The first-order chi connectivity index (χ1) is 11.0. The molecule has 4 N–H and O–H groups in total. The van der Waals surface area contributed by atoms with Crippen LogP contribution in [0.5, 0.6) is 0 Å². The molecule has 0 unspecified atom stereocenters. The molecule has 0 aliphatic carbocycles. The topological polar surface area (TPSA) is 136 Å². The van der Waals surface area contributed by atoms with E-state index in [1.165, 1.54) is 18.2 Å². The van der Waals surface area contributed by atoms with E-state index in [-0.39, 0.29) is 26.8 Å². The van der Waals surface area contributed by atoms with Crippen molar-refractivity contribution in [1.82, 2.24) is 14.6 Å². The van der Waals surface area contributed by atoms with Crippen LogP contribution in [0.4, 0.5) is 0 Å². The van der Waals surface area contributed by atoms with E-state index in [0.717, 1.165) is 10.8 Å². The molecule has 1 aliphatic heterocycles. The van der Waals surface area contributed by atoms with Crippen LogP contribution in [0.1, 0.15) is 19.7 Å². The normalized spacial score (nSPS) is 21.7. The fraction of sp³-hybridized carbons (Fsp3) is 0.357. The molecule has 0 radical (unpaired) electrons. The highest BCUT2D eigenvalue weighted by atomic mass is 32.2. The number of benzene rings is 1. The first-order valence-electron chi connectivity index (χ1n) is 7.06. The second-order valence-electron chi connectivity index (χ2n) is 6.03. The summed E-state index contributed by atoms with van der Waals surface area (Å²) in [6.45, 7) is 3.18. The fourth-order valence-corrected chi connectivity index (χ4v) is 3.34. The molecular formula is C14H17N3O6S. The van der Waals surface area contributed by atoms with Crippen LogP contribution in [0.2, 0.25) is 0 Å². The largest absolute Gasteiger partial charge is 0.490 e. The monoisotopic (exact) mass is 355 g/mol. The predicted molar refractivity (Wildman–Crippen MR) is 83.7 cm³/mol. The highest BCUT2D eigenvalue weighted by molar-refractivity contribution is 7.90. The summed E-state index contributed by atoms with van der Waals surface area (Å²) in [5, 5.41) is 41.2. The van der Waals surface area contributed by atoms with Crippen molar-refractivity contribution in [3.8, 4) is 0 Å². The molecule has 2 aromatic rings. The molecule has 1 atom stereocenters. The second kappa shape index (κ2) is 4.85. The Morgan fingerprint density at radius 3 is 2.38 bits per heavy atom. The van der Waals surface area contributed by atoms with Gasteiger partial charge >= 0.3 is 0 Å². The smallest absolute Gasteiger partial charge is 0.277 e. The number of hydrogen-bond acceptors (Lipinski definition) is 8. The summed E-state index contributed by atoms with van der Waals surface area (Å²) >= 11 is 0. The molecular weight excluding hydrogens is 338 g/mol. The molecule has 0 bridgehead atoms. The van der Waals surface area contributed by atoms with E-state index in [2.05, 4.69) is 4.98 Å². The number of aliphatic hydroxyl groups is 3. The summed E-state index contributed by atoms with van der Waals surface area (Å²) in [5.41, 5.74) is -1.66. The Hall–Kier alpha value is -2.30.